The van der Waals surface area contributed by atoms with Gasteiger partial charge in [-0.1, -0.05) is 55.7 Å². The van der Waals surface area contributed by atoms with Crippen LogP contribution in [0.25, 0.3) is 0 Å². The lowest BCUT2D eigenvalue weighted by Gasteiger charge is -2.27. The second-order valence-electron chi connectivity index (χ2n) is 6.44. The topological polar surface area (TPSA) is 24.4 Å². The summed E-state index contributed by atoms with van der Waals surface area (Å²) in [5.41, 5.74) is 5.52. The number of aliphatic imine (C=N–C) groups is 1. The van der Waals surface area contributed by atoms with Crippen molar-refractivity contribution in [3.63, 3.8) is 0 Å². The van der Waals surface area contributed by atoms with Crippen molar-refractivity contribution in [1.82, 2.24) is 5.32 Å². The zero-order valence-electron chi connectivity index (χ0n) is 16.9. The van der Waals surface area contributed by atoms with E-state index < -0.39 is 0 Å². The van der Waals surface area contributed by atoms with Gasteiger partial charge >= 0.3 is 0 Å². The Morgan fingerprint density at radius 3 is 2.44 bits per heavy atom. The molecule has 0 saturated carbocycles. The van der Waals surface area contributed by atoms with Crippen LogP contribution in [0, 0.1) is 12.8 Å². The molecule has 0 saturated heterocycles. The van der Waals surface area contributed by atoms with E-state index >= 15 is 0 Å². The number of hydrogen-bond acceptors (Lipinski definition) is 2. The van der Waals surface area contributed by atoms with Gasteiger partial charge in [0.25, 0.3) is 0 Å². The van der Waals surface area contributed by atoms with Gasteiger partial charge < -0.3 is 5.32 Å². The molecule has 0 aliphatic rings. The molecule has 0 heterocycles. The molecule has 1 aromatic rings. The highest BCUT2D eigenvalue weighted by molar-refractivity contribution is 5.71. The molecule has 1 N–H and O–H groups in total. The summed E-state index contributed by atoms with van der Waals surface area (Å²) >= 11 is 0. The number of nitrogens with one attached hydrogen (secondary N) is 1. The number of allylic oxidation sites excluding steroid dienone is 5. The van der Waals surface area contributed by atoms with Crippen molar-refractivity contribution in [2.45, 2.75) is 33.1 Å². The summed E-state index contributed by atoms with van der Waals surface area (Å²) in [7, 11) is 0. The number of rotatable bonds is 11. The van der Waals surface area contributed by atoms with E-state index in [2.05, 4.69) is 74.7 Å². The van der Waals surface area contributed by atoms with Gasteiger partial charge in [-0.3, -0.25) is 4.99 Å². The van der Waals surface area contributed by atoms with Gasteiger partial charge in [0, 0.05) is 35.9 Å². The summed E-state index contributed by atoms with van der Waals surface area (Å²) in [6.45, 7) is 22.3. The van der Waals surface area contributed by atoms with Crippen molar-refractivity contribution in [3.8, 4) is 0 Å². The quantitative estimate of drug-likeness (QED) is 0.348. The number of hydrogen-bond donors (Lipinski definition) is 1. The lowest BCUT2D eigenvalue weighted by atomic mass is 9.79. The first-order valence-electron chi connectivity index (χ1n) is 9.20. The van der Waals surface area contributed by atoms with Gasteiger partial charge in [0.05, 0.1) is 0 Å². The van der Waals surface area contributed by atoms with E-state index in [1.54, 1.807) is 12.4 Å². The minimum absolute atomic E-state index is 0.110. The van der Waals surface area contributed by atoms with Crippen molar-refractivity contribution >= 4 is 6.21 Å². The molecule has 0 aliphatic carbocycles. The van der Waals surface area contributed by atoms with Crippen LogP contribution in [0.5, 0.6) is 0 Å². The van der Waals surface area contributed by atoms with Crippen molar-refractivity contribution in [2.24, 2.45) is 10.9 Å². The predicted octanol–water partition coefficient (Wildman–Crippen LogP) is 6.62. The zero-order chi connectivity index (χ0) is 20.2. The first-order chi connectivity index (χ1) is 13.0. The molecule has 2 nitrogen and oxygen atoms in total. The summed E-state index contributed by atoms with van der Waals surface area (Å²) in [6, 6.07) is 8.42. The van der Waals surface area contributed by atoms with Gasteiger partial charge in [-0.05, 0) is 49.7 Å². The molecule has 27 heavy (non-hydrogen) atoms. The average molecular weight is 361 g/mol. The van der Waals surface area contributed by atoms with E-state index in [1.807, 2.05) is 31.2 Å². The van der Waals surface area contributed by atoms with Gasteiger partial charge in [-0.25, -0.2) is 0 Å². The lowest BCUT2D eigenvalue weighted by molar-refractivity contribution is 0.650. The van der Waals surface area contributed by atoms with Gasteiger partial charge in [0.2, 0.25) is 0 Å². The second kappa shape index (κ2) is 11.7. The van der Waals surface area contributed by atoms with E-state index in [9.17, 15) is 0 Å². The Morgan fingerprint density at radius 1 is 1.19 bits per heavy atom. The number of benzene rings is 1. The van der Waals surface area contributed by atoms with E-state index in [4.69, 9.17) is 0 Å². The van der Waals surface area contributed by atoms with Crippen LogP contribution in [0.1, 0.15) is 37.3 Å². The van der Waals surface area contributed by atoms with E-state index in [0.29, 0.717) is 6.42 Å². The molecule has 1 aromatic carbocycles. The summed E-state index contributed by atoms with van der Waals surface area (Å²) in [6.07, 6.45) is 11.9. The van der Waals surface area contributed by atoms with E-state index in [0.717, 1.165) is 11.4 Å². The third-order valence-electron chi connectivity index (χ3n) is 4.61. The van der Waals surface area contributed by atoms with Crippen LogP contribution in [0.15, 0.2) is 103 Å². The zero-order valence-corrected chi connectivity index (χ0v) is 16.9. The molecule has 2 atom stereocenters. The lowest BCUT2D eigenvalue weighted by Crippen LogP contribution is -2.17. The van der Waals surface area contributed by atoms with Gasteiger partial charge in [-0.2, -0.15) is 0 Å². The van der Waals surface area contributed by atoms with Crippen LogP contribution >= 0.6 is 0 Å². The summed E-state index contributed by atoms with van der Waals surface area (Å²) in [5, 5.41) is 3.27. The number of nitrogens with zero attached hydrogens (tertiary/aromatic N) is 1. The SMILES string of the molecule is C=CN/C(CC(=C)N=C/C=C\C)=C(\C)C(C=C)C(C=C)c1ccccc1C. The highest BCUT2D eigenvalue weighted by atomic mass is 14.9. The van der Waals surface area contributed by atoms with Crippen molar-refractivity contribution in [1.29, 1.82) is 0 Å². The van der Waals surface area contributed by atoms with E-state index in [1.165, 1.54) is 16.7 Å². The van der Waals surface area contributed by atoms with Crippen LogP contribution in [0.3, 0.4) is 0 Å². The Morgan fingerprint density at radius 2 is 1.89 bits per heavy atom. The fraction of sp³-hybridized carbons (Fsp3) is 0.240. The molecular weight excluding hydrogens is 328 g/mol. The minimum atomic E-state index is 0.110. The highest BCUT2D eigenvalue weighted by Gasteiger charge is 2.23. The molecular formula is C25H32N2. The molecule has 0 amide bonds. The third kappa shape index (κ3) is 6.41. The molecule has 1 rings (SSSR count). The predicted molar refractivity (Wildman–Crippen MR) is 121 cm³/mol. The normalized spacial score (nSPS) is 14.5. The Balaban J connectivity index is 3.27. The maximum Gasteiger partial charge on any atom is 0.0390 e. The second-order valence-corrected chi connectivity index (χ2v) is 6.44. The fourth-order valence-electron chi connectivity index (χ4n) is 3.13. The fourth-order valence-corrected chi connectivity index (χ4v) is 3.13. The van der Waals surface area contributed by atoms with Gasteiger partial charge in [-0.15, -0.1) is 13.2 Å². The molecule has 0 aromatic heterocycles. The highest BCUT2D eigenvalue weighted by Crippen LogP contribution is 2.35. The molecule has 0 fully saturated rings. The Hall–Kier alpha value is -2.87. The smallest absolute Gasteiger partial charge is 0.0390 e. The first-order valence-corrected chi connectivity index (χ1v) is 9.20. The first kappa shape index (κ1) is 22.2. The van der Waals surface area contributed by atoms with Crippen LogP contribution in [-0.4, -0.2) is 6.21 Å². The minimum Gasteiger partial charge on any atom is -0.365 e. The van der Waals surface area contributed by atoms with Crippen LogP contribution < -0.4 is 5.32 Å². The molecule has 2 unspecified atom stereocenters. The van der Waals surface area contributed by atoms with Gasteiger partial charge in [0.15, 0.2) is 0 Å². The summed E-state index contributed by atoms with van der Waals surface area (Å²) in [5.74, 6) is 0.253. The standard InChI is InChI=1S/C25H32N2/c1-8-12-17-27-20(6)18-25(26-11-4)21(7)22(9-2)23(10-3)24-16-14-13-15-19(24)5/h8-17,22-23,26H,2-4,6,18H2,1,5,7H3/b12-8-,25-21+,27-17?. The Bertz CT molecular complexity index is 762. The van der Waals surface area contributed by atoms with Crippen molar-refractivity contribution < 1.29 is 0 Å². The maximum atomic E-state index is 4.38. The Labute approximate surface area is 165 Å². The molecule has 2 heteroatoms. The maximum absolute atomic E-state index is 4.38. The Kier molecular flexibility index (Phi) is 9.60. The summed E-state index contributed by atoms with van der Waals surface area (Å²) < 4.78 is 0. The van der Waals surface area contributed by atoms with Crippen LogP contribution in [-0.2, 0) is 0 Å². The summed E-state index contributed by atoms with van der Waals surface area (Å²) in [4.78, 5) is 4.38. The molecule has 0 aliphatic heterocycles. The van der Waals surface area contributed by atoms with Crippen molar-refractivity contribution in [2.75, 3.05) is 0 Å². The largest absolute Gasteiger partial charge is 0.365 e. The van der Waals surface area contributed by atoms with Crippen LogP contribution in [0.2, 0.25) is 0 Å². The van der Waals surface area contributed by atoms with E-state index in [-0.39, 0.29) is 11.8 Å². The van der Waals surface area contributed by atoms with Crippen LogP contribution in [0.4, 0.5) is 0 Å². The monoisotopic (exact) mass is 360 g/mol. The van der Waals surface area contributed by atoms with Crippen molar-refractivity contribution in [3.05, 3.63) is 109 Å². The van der Waals surface area contributed by atoms with Gasteiger partial charge in [0.1, 0.15) is 0 Å². The molecule has 0 bridgehead atoms. The molecule has 142 valence electrons. The average Bonchev–Trinajstić information content (AvgIpc) is 2.66. The molecule has 0 radical (unpaired) electrons. The number of aryl methyl sites for hydroxylation is 1. The third-order valence-corrected chi connectivity index (χ3v) is 4.61. The molecule has 0 spiro atoms.